The van der Waals surface area contributed by atoms with Crippen LogP contribution in [0.5, 0.6) is 0 Å². The Balaban J connectivity index is 2.04. The fourth-order valence-electron chi connectivity index (χ4n) is 2.50. The molecule has 0 aliphatic carbocycles. The normalized spacial score (nSPS) is 18.1. The lowest BCUT2D eigenvalue weighted by molar-refractivity contribution is 0.0544. The first-order valence-corrected chi connectivity index (χ1v) is 7.12. The Morgan fingerprint density at radius 2 is 2.09 bits per heavy atom. The van der Waals surface area contributed by atoms with Gasteiger partial charge in [-0.2, -0.15) is 0 Å². The number of para-hydroxylation sites is 1. The number of hydrogen-bond acceptors (Lipinski definition) is 4. The molecule has 1 fully saturated rings. The van der Waals surface area contributed by atoms with Crippen LogP contribution >= 0.6 is 0 Å². The van der Waals surface area contributed by atoms with E-state index in [1.165, 1.54) is 4.57 Å². The molecule has 0 unspecified atom stereocenters. The summed E-state index contributed by atoms with van der Waals surface area (Å²) in [7, 11) is 0. The third-order valence-corrected chi connectivity index (χ3v) is 3.38. The summed E-state index contributed by atoms with van der Waals surface area (Å²) in [6, 6.07) is 7.25. The summed E-state index contributed by atoms with van der Waals surface area (Å²) in [6.07, 6.45) is 0.817. The molecule has 0 bridgehead atoms. The third-order valence-electron chi connectivity index (χ3n) is 3.38. The van der Waals surface area contributed by atoms with Crippen molar-refractivity contribution in [3.05, 3.63) is 36.0 Å². The minimum absolute atomic E-state index is 0.251. The maximum Gasteiger partial charge on any atom is 0.419 e. The second-order valence-electron chi connectivity index (χ2n) is 6.25. The molecule has 1 aliphatic rings. The van der Waals surface area contributed by atoms with E-state index < -0.39 is 17.8 Å². The predicted molar refractivity (Wildman–Crippen MR) is 80.8 cm³/mol. The van der Waals surface area contributed by atoms with E-state index in [4.69, 9.17) is 9.47 Å². The van der Waals surface area contributed by atoms with E-state index in [-0.39, 0.29) is 12.6 Å². The minimum atomic E-state index is -0.576. The van der Waals surface area contributed by atoms with E-state index >= 15 is 0 Å². The first kappa shape index (κ1) is 14.4. The average Bonchev–Trinajstić information content (AvgIpc) is 3.00. The first-order valence-electron chi connectivity index (χ1n) is 7.12. The van der Waals surface area contributed by atoms with Gasteiger partial charge in [-0.3, -0.25) is 4.57 Å². The van der Waals surface area contributed by atoms with Crippen molar-refractivity contribution in [2.45, 2.75) is 32.4 Å². The van der Waals surface area contributed by atoms with Gasteiger partial charge in [-0.15, -0.1) is 0 Å². The molecule has 6 heteroatoms. The van der Waals surface area contributed by atoms with Crippen LogP contribution in [0.2, 0.25) is 0 Å². The van der Waals surface area contributed by atoms with Gasteiger partial charge in [0.1, 0.15) is 12.2 Å². The maximum atomic E-state index is 12.4. The molecule has 1 atom stereocenters. The predicted octanol–water partition coefficient (Wildman–Crippen LogP) is 3.21. The molecular formula is C16H18N2O4. The molecule has 1 saturated heterocycles. The van der Waals surface area contributed by atoms with Gasteiger partial charge in [-0.05, 0) is 26.8 Å². The Labute approximate surface area is 128 Å². The monoisotopic (exact) mass is 302 g/mol. The summed E-state index contributed by atoms with van der Waals surface area (Å²) in [5.74, 6) is 0. The van der Waals surface area contributed by atoms with Gasteiger partial charge >= 0.3 is 12.2 Å². The number of nitrogens with one attached hydrogen (secondary N) is 1. The van der Waals surface area contributed by atoms with Crippen LogP contribution in [-0.2, 0) is 9.47 Å². The van der Waals surface area contributed by atoms with Gasteiger partial charge in [0.2, 0.25) is 0 Å². The molecule has 2 heterocycles. The van der Waals surface area contributed by atoms with Crippen molar-refractivity contribution in [3.8, 4) is 0 Å². The largest absolute Gasteiger partial charge is 0.447 e. The van der Waals surface area contributed by atoms with Gasteiger partial charge in [0.15, 0.2) is 0 Å². The van der Waals surface area contributed by atoms with Crippen LogP contribution in [-0.4, -0.2) is 29.0 Å². The summed E-state index contributed by atoms with van der Waals surface area (Å²) in [4.78, 5) is 23.6. The van der Waals surface area contributed by atoms with Crippen molar-refractivity contribution in [1.82, 2.24) is 9.88 Å². The van der Waals surface area contributed by atoms with Crippen LogP contribution in [0.25, 0.3) is 10.9 Å². The Kier molecular flexibility index (Phi) is 3.31. The zero-order valence-corrected chi connectivity index (χ0v) is 12.8. The molecular weight excluding hydrogens is 284 g/mol. The van der Waals surface area contributed by atoms with Gasteiger partial charge in [0.25, 0.3) is 0 Å². The quantitative estimate of drug-likeness (QED) is 0.878. The Morgan fingerprint density at radius 1 is 1.36 bits per heavy atom. The van der Waals surface area contributed by atoms with E-state index in [1.807, 2.05) is 45.0 Å². The van der Waals surface area contributed by atoms with Gasteiger partial charge in [0, 0.05) is 17.1 Å². The van der Waals surface area contributed by atoms with Gasteiger partial charge in [0.05, 0.1) is 11.6 Å². The Hall–Kier alpha value is -2.50. The van der Waals surface area contributed by atoms with E-state index in [2.05, 4.69) is 5.32 Å². The number of hydrogen-bond donors (Lipinski definition) is 1. The van der Waals surface area contributed by atoms with Gasteiger partial charge in [-0.1, -0.05) is 18.2 Å². The number of cyclic esters (lactones) is 1. The highest BCUT2D eigenvalue weighted by Gasteiger charge is 2.28. The lowest BCUT2D eigenvalue weighted by Crippen LogP contribution is -2.26. The molecule has 0 spiro atoms. The van der Waals surface area contributed by atoms with Crippen molar-refractivity contribution in [1.29, 1.82) is 0 Å². The fraction of sp³-hybridized carbons (Fsp3) is 0.375. The molecule has 1 aliphatic heterocycles. The number of nitrogens with zero attached hydrogens (tertiary/aromatic N) is 1. The maximum absolute atomic E-state index is 12.4. The number of aromatic nitrogens is 1. The molecule has 1 aromatic carbocycles. The number of benzene rings is 1. The summed E-state index contributed by atoms with van der Waals surface area (Å²) >= 11 is 0. The van der Waals surface area contributed by atoms with E-state index in [0.29, 0.717) is 0 Å². The van der Waals surface area contributed by atoms with Crippen LogP contribution in [0.1, 0.15) is 32.4 Å². The summed E-state index contributed by atoms with van der Waals surface area (Å²) in [6.45, 7) is 5.72. The molecule has 1 amide bonds. The van der Waals surface area contributed by atoms with E-state index in [1.54, 1.807) is 6.20 Å². The summed E-state index contributed by atoms with van der Waals surface area (Å²) < 4.78 is 11.9. The highest BCUT2D eigenvalue weighted by Crippen LogP contribution is 2.29. The SMILES string of the molecule is CC(C)(C)OC(=O)n1cc([C@@H]2COC(=O)N2)c2ccccc21. The first-order chi connectivity index (χ1) is 10.3. The molecule has 1 aromatic heterocycles. The molecule has 0 radical (unpaired) electrons. The van der Waals surface area contributed by atoms with Crippen molar-refractivity contribution in [3.63, 3.8) is 0 Å². The molecule has 2 aromatic rings. The van der Waals surface area contributed by atoms with Crippen LogP contribution < -0.4 is 5.32 Å². The van der Waals surface area contributed by atoms with Crippen molar-refractivity contribution >= 4 is 23.1 Å². The standard InChI is InChI=1S/C16H18N2O4/c1-16(2,3)22-15(20)18-8-11(12-9-21-14(19)17-12)10-6-4-5-7-13(10)18/h4-8,12H,9H2,1-3H3,(H,17,19)/t12-/m0/s1. The molecule has 0 saturated carbocycles. The number of ether oxygens (including phenoxy) is 2. The minimum Gasteiger partial charge on any atom is -0.447 e. The number of rotatable bonds is 1. The van der Waals surface area contributed by atoms with Crippen molar-refractivity contribution in [2.75, 3.05) is 6.61 Å². The fourth-order valence-corrected chi connectivity index (χ4v) is 2.50. The van der Waals surface area contributed by atoms with Crippen LogP contribution in [0.4, 0.5) is 9.59 Å². The molecule has 6 nitrogen and oxygen atoms in total. The molecule has 22 heavy (non-hydrogen) atoms. The molecule has 3 rings (SSSR count). The highest BCUT2D eigenvalue weighted by molar-refractivity contribution is 5.92. The van der Waals surface area contributed by atoms with Crippen molar-refractivity contribution < 1.29 is 19.1 Å². The number of carbonyl (C=O) groups excluding carboxylic acids is 2. The summed E-state index contributed by atoms with van der Waals surface area (Å²) in [5.41, 5.74) is 1.01. The van der Waals surface area contributed by atoms with Crippen LogP contribution in [0, 0.1) is 0 Å². The second-order valence-corrected chi connectivity index (χ2v) is 6.25. The zero-order chi connectivity index (χ0) is 15.9. The van der Waals surface area contributed by atoms with Crippen LogP contribution in [0.3, 0.4) is 0 Å². The average molecular weight is 302 g/mol. The lowest BCUT2D eigenvalue weighted by atomic mass is 10.1. The highest BCUT2D eigenvalue weighted by atomic mass is 16.6. The van der Waals surface area contributed by atoms with Crippen LogP contribution in [0.15, 0.2) is 30.5 Å². The second kappa shape index (κ2) is 5.05. The Bertz CT molecular complexity index is 742. The van der Waals surface area contributed by atoms with E-state index in [9.17, 15) is 9.59 Å². The zero-order valence-electron chi connectivity index (χ0n) is 12.8. The summed E-state index contributed by atoms with van der Waals surface area (Å²) in [5, 5.41) is 3.63. The number of alkyl carbamates (subject to hydrolysis) is 1. The topological polar surface area (TPSA) is 69.6 Å². The Morgan fingerprint density at radius 3 is 2.73 bits per heavy atom. The molecule has 116 valence electrons. The number of fused-ring (bicyclic) bond motifs is 1. The van der Waals surface area contributed by atoms with Crippen molar-refractivity contribution in [2.24, 2.45) is 0 Å². The van der Waals surface area contributed by atoms with Gasteiger partial charge < -0.3 is 14.8 Å². The number of amides is 1. The smallest absolute Gasteiger partial charge is 0.419 e. The van der Waals surface area contributed by atoms with E-state index in [0.717, 1.165) is 16.5 Å². The number of carbonyl (C=O) groups is 2. The van der Waals surface area contributed by atoms with Gasteiger partial charge in [-0.25, -0.2) is 9.59 Å². The molecule has 1 N–H and O–H groups in total. The lowest BCUT2D eigenvalue weighted by Gasteiger charge is -2.19. The third kappa shape index (κ3) is 2.64.